The molecule has 4 heteroatoms. The summed E-state index contributed by atoms with van der Waals surface area (Å²) >= 11 is 0. The number of hydrogen-bond donors (Lipinski definition) is 1. The van der Waals surface area contributed by atoms with Crippen LogP contribution in [0.4, 0.5) is 5.69 Å². The van der Waals surface area contributed by atoms with Crippen molar-refractivity contribution < 1.29 is 0 Å². The summed E-state index contributed by atoms with van der Waals surface area (Å²) in [6, 6.07) is 4.25. The molecular formula is C12H18N4. The second kappa shape index (κ2) is 4.14. The Morgan fingerprint density at radius 2 is 2.19 bits per heavy atom. The van der Waals surface area contributed by atoms with E-state index in [1.165, 1.54) is 5.69 Å². The summed E-state index contributed by atoms with van der Waals surface area (Å²) in [7, 11) is 4.08. The molecule has 2 rings (SSSR count). The second-order valence-electron chi connectivity index (χ2n) is 4.18. The normalized spacial score (nSPS) is 11.0. The summed E-state index contributed by atoms with van der Waals surface area (Å²) in [5.41, 5.74) is 9.03. The van der Waals surface area contributed by atoms with Gasteiger partial charge in [-0.25, -0.2) is 4.98 Å². The largest absolute Gasteiger partial charge is 0.378 e. The molecule has 0 radical (unpaired) electrons. The van der Waals surface area contributed by atoms with Crippen LogP contribution in [-0.4, -0.2) is 30.0 Å². The van der Waals surface area contributed by atoms with Crippen molar-refractivity contribution in [1.29, 1.82) is 0 Å². The van der Waals surface area contributed by atoms with E-state index >= 15 is 0 Å². The zero-order valence-corrected chi connectivity index (χ0v) is 10.1. The average molecular weight is 218 g/mol. The highest BCUT2D eigenvalue weighted by Crippen LogP contribution is 2.19. The molecule has 0 unspecified atom stereocenters. The van der Waals surface area contributed by atoms with Crippen LogP contribution in [0.2, 0.25) is 0 Å². The number of anilines is 1. The number of nitrogens with zero attached hydrogens (tertiary/aromatic N) is 3. The highest BCUT2D eigenvalue weighted by molar-refractivity contribution is 5.62. The number of rotatable bonds is 3. The molecule has 0 saturated carbocycles. The van der Waals surface area contributed by atoms with Crippen molar-refractivity contribution >= 4 is 11.2 Å². The van der Waals surface area contributed by atoms with Gasteiger partial charge in [0, 0.05) is 32.4 Å². The Morgan fingerprint density at radius 3 is 2.81 bits per heavy atom. The molecule has 0 aromatic carbocycles. The number of hydrogen-bond acceptors (Lipinski definition) is 3. The summed E-state index contributed by atoms with van der Waals surface area (Å²) in [5, 5.41) is 0. The number of nitrogens with two attached hydrogens (primary N) is 1. The van der Waals surface area contributed by atoms with E-state index in [-0.39, 0.29) is 0 Å². The third kappa shape index (κ3) is 1.76. The maximum Gasteiger partial charge on any atom is 0.110 e. The zero-order valence-electron chi connectivity index (χ0n) is 10.1. The maximum absolute atomic E-state index is 5.60. The third-order valence-electron chi connectivity index (χ3n) is 2.78. The molecule has 4 nitrogen and oxygen atoms in total. The molecule has 0 aliphatic heterocycles. The van der Waals surface area contributed by atoms with Gasteiger partial charge in [-0.2, -0.15) is 0 Å². The summed E-state index contributed by atoms with van der Waals surface area (Å²) < 4.78 is 2.11. The smallest absolute Gasteiger partial charge is 0.110 e. The van der Waals surface area contributed by atoms with Gasteiger partial charge in [-0.3, -0.25) is 0 Å². The highest BCUT2D eigenvalue weighted by Gasteiger charge is 2.08. The third-order valence-corrected chi connectivity index (χ3v) is 2.78. The first-order valence-corrected chi connectivity index (χ1v) is 5.48. The van der Waals surface area contributed by atoms with E-state index in [2.05, 4.69) is 32.6 Å². The van der Waals surface area contributed by atoms with Crippen LogP contribution in [0.1, 0.15) is 11.5 Å². The first kappa shape index (κ1) is 11.0. The molecule has 0 amide bonds. The molecular weight excluding hydrogens is 200 g/mol. The van der Waals surface area contributed by atoms with Crippen molar-refractivity contribution in [2.45, 2.75) is 13.3 Å². The molecule has 2 heterocycles. The van der Waals surface area contributed by atoms with Crippen LogP contribution >= 0.6 is 0 Å². The molecule has 0 fully saturated rings. The fraction of sp³-hybridized carbons (Fsp3) is 0.417. The predicted molar refractivity (Wildman–Crippen MR) is 67.0 cm³/mol. The fourth-order valence-corrected chi connectivity index (χ4v) is 1.90. The van der Waals surface area contributed by atoms with Crippen LogP contribution in [0.15, 0.2) is 18.3 Å². The summed E-state index contributed by atoms with van der Waals surface area (Å²) in [4.78, 5) is 6.64. The molecule has 86 valence electrons. The van der Waals surface area contributed by atoms with Crippen LogP contribution in [0.3, 0.4) is 0 Å². The Kier molecular flexibility index (Phi) is 2.83. The van der Waals surface area contributed by atoms with E-state index in [9.17, 15) is 0 Å². The zero-order chi connectivity index (χ0) is 11.7. The van der Waals surface area contributed by atoms with Gasteiger partial charge in [-0.1, -0.05) is 0 Å². The molecule has 0 saturated heterocycles. The molecule has 0 aliphatic carbocycles. The van der Waals surface area contributed by atoms with Gasteiger partial charge >= 0.3 is 0 Å². The minimum Gasteiger partial charge on any atom is -0.378 e. The number of pyridine rings is 1. The summed E-state index contributed by atoms with van der Waals surface area (Å²) in [6.07, 6.45) is 2.89. The van der Waals surface area contributed by atoms with E-state index in [0.29, 0.717) is 6.54 Å². The predicted octanol–water partition coefficient (Wildman–Crippen LogP) is 1.21. The SMILES string of the molecule is Cc1nc(CCN)c2cc(N(C)C)ccn12. The van der Waals surface area contributed by atoms with E-state index in [1.54, 1.807) is 0 Å². The van der Waals surface area contributed by atoms with Gasteiger partial charge in [0.05, 0.1) is 11.2 Å². The minimum atomic E-state index is 0.637. The lowest BCUT2D eigenvalue weighted by Gasteiger charge is -2.12. The number of aromatic nitrogens is 2. The van der Waals surface area contributed by atoms with Gasteiger partial charge in [0.15, 0.2) is 0 Å². The first-order valence-electron chi connectivity index (χ1n) is 5.48. The van der Waals surface area contributed by atoms with Gasteiger partial charge in [-0.15, -0.1) is 0 Å². The Hall–Kier alpha value is -1.55. The van der Waals surface area contributed by atoms with Crippen molar-refractivity contribution in [2.75, 3.05) is 25.5 Å². The quantitative estimate of drug-likeness (QED) is 0.842. The van der Waals surface area contributed by atoms with Crippen LogP contribution in [0, 0.1) is 6.92 Å². The first-order chi connectivity index (χ1) is 7.63. The van der Waals surface area contributed by atoms with E-state index in [0.717, 1.165) is 23.5 Å². The molecule has 16 heavy (non-hydrogen) atoms. The molecule has 0 bridgehead atoms. The average Bonchev–Trinajstić information content (AvgIpc) is 2.56. The van der Waals surface area contributed by atoms with Crippen molar-refractivity contribution in [1.82, 2.24) is 9.38 Å². The fourth-order valence-electron chi connectivity index (χ4n) is 1.90. The molecule has 0 aliphatic rings. The Bertz CT molecular complexity index is 499. The van der Waals surface area contributed by atoms with Crippen LogP contribution < -0.4 is 10.6 Å². The molecule has 2 N–H and O–H groups in total. The lowest BCUT2D eigenvalue weighted by molar-refractivity contribution is 0.933. The van der Waals surface area contributed by atoms with Crippen LogP contribution in [-0.2, 0) is 6.42 Å². The maximum atomic E-state index is 5.60. The van der Waals surface area contributed by atoms with E-state index < -0.39 is 0 Å². The minimum absolute atomic E-state index is 0.637. The van der Waals surface area contributed by atoms with Crippen molar-refractivity contribution in [3.8, 4) is 0 Å². The van der Waals surface area contributed by atoms with Crippen molar-refractivity contribution in [3.05, 3.63) is 29.8 Å². The molecule has 0 atom stereocenters. The topological polar surface area (TPSA) is 46.6 Å². The molecule has 2 aromatic rings. The van der Waals surface area contributed by atoms with Gasteiger partial charge < -0.3 is 15.0 Å². The lowest BCUT2D eigenvalue weighted by Crippen LogP contribution is -2.09. The van der Waals surface area contributed by atoms with Gasteiger partial charge in [0.25, 0.3) is 0 Å². The monoisotopic (exact) mass is 218 g/mol. The van der Waals surface area contributed by atoms with Gasteiger partial charge in [-0.05, 0) is 25.6 Å². The standard InChI is InChI=1S/C12H18N4/c1-9-14-11(4-6-13)12-8-10(15(2)3)5-7-16(9)12/h5,7-8H,4,6,13H2,1-3H3. The molecule has 2 aromatic heterocycles. The molecule has 0 spiro atoms. The van der Waals surface area contributed by atoms with Gasteiger partial charge in [0.2, 0.25) is 0 Å². The van der Waals surface area contributed by atoms with Crippen LogP contribution in [0.5, 0.6) is 0 Å². The highest BCUT2D eigenvalue weighted by atomic mass is 15.1. The lowest BCUT2D eigenvalue weighted by atomic mass is 10.2. The van der Waals surface area contributed by atoms with E-state index in [1.807, 2.05) is 21.0 Å². The number of aryl methyl sites for hydroxylation is 1. The summed E-state index contributed by atoms with van der Waals surface area (Å²) in [6.45, 7) is 2.65. The van der Waals surface area contributed by atoms with Crippen molar-refractivity contribution in [2.24, 2.45) is 5.73 Å². The second-order valence-corrected chi connectivity index (χ2v) is 4.18. The van der Waals surface area contributed by atoms with E-state index in [4.69, 9.17) is 5.73 Å². The number of imidazole rings is 1. The Balaban J connectivity index is 2.60. The summed E-state index contributed by atoms with van der Waals surface area (Å²) in [5.74, 6) is 1.02. The van der Waals surface area contributed by atoms with Crippen molar-refractivity contribution in [3.63, 3.8) is 0 Å². The van der Waals surface area contributed by atoms with Crippen LogP contribution in [0.25, 0.3) is 5.52 Å². The Morgan fingerprint density at radius 1 is 1.44 bits per heavy atom. The van der Waals surface area contributed by atoms with Gasteiger partial charge in [0.1, 0.15) is 5.82 Å². The Labute approximate surface area is 95.7 Å². The number of fused-ring (bicyclic) bond motifs is 1.